The second-order valence-electron chi connectivity index (χ2n) is 4.00. The van der Waals surface area contributed by atoms with Gasteiger partial charge in [0.15, 0.2) is 0 Å². The molecule has 0 unspecified atom stereocenters. The van der Waals surface area contributed by atoms with Gasteiger partial charge in [0, 0.05) is 6.54 Å². The molecule has 2 rings (SSSR count). The van der Waals surface area contributed by atoms with Crippen molar-refractivity contribution < 1.29 is 4.79 Å². The standard InChI is InChI=1S/C9H15NO/c1-6(11)9-8-4-3-7(8)5-10(9)2/h7-9H,3-5H2,1-2H3/t7-,8-,9+/m0/s1. The van der Waals surface area contributed by atoms with E-state index in [9.17, 15) is 4.79 Å². The van der Waals surface area contributed by atoms with Crippen molar-refractivity contribution in [3.05, 3.63) is 0 Å². The summed E-state index contributed by atoms with van der Waals surface area (Å²) in [6.45, 7) is 2.87. The molecule has 1 heterocycles. The van der Waals surface area contributed by atoms with Crippen molar-refractivity contribution in [1.29, 1.82) is 0 Å². The minimum atomic E-state index is 0.258. The molecule has 0 aromatic heterocycles. The van der Waals surface area contributed by atoms with Gasteiger partial charge in [0.2, 0.25) is 0 Å². The van der Waals surface area contributed by atoms with E-state index in [4.69, 9.17) is 0 Å². The molecule has 0 radical (unpaired) electrons. The summed E-state index contributed by atoms with van der Waals surface area (Å²) in [7, 11) is 2.07. The van der Waals surface area contributed by atoms with Crippen molar-refractivity contribution in [2.75, 3.05) is 13.6 Å². The molecule has 1 aliphatic carbocycles. The van der Waals surface area contributed by atoms with Gasteiger partial charge < -0.3 is 0 Å². The summed E-state index contributed by atoms with van der Waals surface area (Å²) in [6.07, 6.45) is 2.62. The lowest BCUT2D eigenvalue weighted by Gasteiger charge is -2.32. The van der Waals surface area contributed by atoms with Crippen LogP contribution in [0.3, 0.4) is 0 Å². The number of rotatable bonds is 1. The lowest BCUT2D eigenvalue weighted by Crippen LogP contribution is -2.38. The Hall–Kier alpha value is -0.370. The molecule has 11 heavy (non-hydrogen) atoms. The third-order valence-corrected chi connectivity index (χ3v) is 3.30. The molecule has 1 aliphatic heterocycles. The number of ketones is 1. The highest BCUT2D eigenvalue weighted by Gasteiger charge is 2.47. The van der Waals surface area contributed by atoms with Gasteiger partial charge >= 0.3 is 0 Å². The second-order valence-corrected chi connectivity index (χ2v) is 4.00. The van der Waals surface area contributed by atoms with Crippen molar-refractivity contribution in [2.24, 2.45) is 11.8 Å². The molecule has 1 saturated heterocycles. The summed E-state index contributed by atoms with van der Waals surface area (Å²) in [4.78, 5) is 13.4. The predicted molar refractivity (Wildman–Crippen MR) is 43.3 cm³/mol. The fraction of sp³-hybridized carbons (Fsp3) is 0.889. The van der Waals surface area contributed by atoms with Gasteiger partial charge in [-0.3, -0.25) is 9.69 Å². The number of Topliss-reactive ketones (excluding diaryl/α,β-unsaturated/α-hetero) is 1. The van der Waals surface area contributed by atoms with E-state index in [1.54, 1.807) is 6.92 Å². The third kappa shape index (κ3) is 0.924. The SMILES string of the molecule is CC(=O)[C@@H]1[C@H]2CC[C@H]2CN1C. The number of fused-ring (bicyclic) bond motifs is 1. The molecule has 1 saturated carbocycles. The molecule has 2 heteroatoms. The quantitative estimate of drug-likeness (QED) is 0.558. The van der Waals surface area contributed by atoms with Crippen LogP contribution in [-0.2, 0) is 4.79 Å². The van der Waals surface area contributed by atoms with Crippen LogP contribution in [0.4, 0.5) is 0 Å². The van der Waals surface area contributed by atoms with Crippen LogP contribution in [0.5, 0.6) is 0 Å². The van der Waals surface area contributed by atoms with Crippen molar-refractivity contribution in [1.82, 2.24) is 4.90 Å². The van der Waals surface area contributed by atoms with Crippen LogP contribution in [0.2, 0.25) is 0 Å². The first-order valence-corrected chi connectivity index (χ1v) is 4.41. The fourth-order valence-electron chi connectivity index (χ4n) is 2.66. The lowest BCUT2D eigenvalue weighted by molar-refractivity contribution is -0.122. The number of likely N-dealkylation sites (N-methyl/N-ethyl adjacent to an activating group) is 1. The van der Waals surface area contributed by atoms with E-state index < -0.39 is 0 Å². The van der Waals surface area contributed by atoms with Crippen molar-refractivity contribution in [3.8, 4) is 0 Å². The Labute approximate surface area is 67.6 Å². The van der Waals surface area contributed by atoms with E-state index in [1.807, 2.05) is 0 Å². The zero-order valence-electron chi connectivity index (χ0n) is 7.21. The Balaban J connectivity index is 2.13. The highest BCUT2D eigenvalue weighted by molar-refractivity contribution is 5.82. The minimum absolute atomic E-state index is 0.258. The van der Waals surface area contributed by atoms with Gasteiger partial charge in [-0.2, -0.15) is 0 Å². The maximum Gasteiger partial charge on any atom is 0.147 e. The average Bonchev–Trinajstić information content (AvgIpc) is 2.10. The fourth-order valence-corrected chi connectivity index (χ4v) is 2.66. The summed E-state index contributed by atoms with van der Waals surface area (Å²) in [5.74, 6) is 1.91. The largest absolute Gasteiger partial charge is 0.298 e. The van der Waals surface area contributed by atoms with Crippen molar-refractivity contribution >= 4 is 5.78 Å². The van der Waals surface area contributed by atoms with Gasteiger partial charge in [0.25, 0.3) is 0 Å². The molecule has 2 nitrogen and oxygen atoms in total. The van der Waals surface area contributed by atoms with Crippen LogP contribution < -0.4 is 0 Å². The first-order valence-electron chi connectivity index (χ1n) is 4.41. The van der Waals surface area contributed by atoms with Gasteiger partial charge in [-0.15, -0.1) is 0 Å². The van der Waals surface area contributed by atoms with Crippen LogP contribution in [0.1, 0.15) is 19.8 Å². The number of nitrogens with zero attached hydrogens (tertiary/aromatic N) is 1. The Bertz CT molecular complexity index is 190. The summed E-state index contributed by atoms with van der Waals surface area (Å²) >= 11 is 0. The van der Waals surface area contributed by atoms with Gasteiger partial charge in [-0.25, -0.2) is 0 Å². The molecule has 0 amide bonds. The monoisotopic (exact) mass is 153 g/mol. The smallest absolute Gasteiger partial charge is 0.147 e. The van der Waals surface area contributed by atoms with E-state index in [-0.39, 0.29) is 6.04 Å². The molecular weight excluding hydrogens is 138 g/mol. The van der Waals surface area contributed by atoms with Crippen LogP contribution >= 0.6 is 0 Å². The lowest BCUT2D eigenvalue weighted by atomic mass is 9.72. The van der Waals surface area contributed by atoms with Gasteiger partial charge in [0.1, 0.15) is 5.78 Å². The number of hydrogen-bond donors (Lipinski definition) is 0. The molecule has 62 valence electrons. The Morgan fingerprint density at radius 1 is 1.45 bits per heavy atom. The number of likely N-dealkylation sites (tertiary alicyclic amines) is 1. The topological polar surface area (TPSA) is 20.3 Å². The molecule has 0 bridgehead atoms. The summed E-state index contributed by atoms with van der Waals surface area (Å²) < 4.78 is 0. The van der Waals surface area contributed by atoms with Gasteiger partial charge in [-0.1, -0.05) is 0 Å². The van der Waals surface area contributed by atoms with Crippen LogP contribution in [0.15, 0.2) is 0 Å². The van der Waals surface area contributed by atoms with E-state index in [0.717, 1.165) is 12.5 Å². The Morgan fingerprint density at radius 3 is 2.45 bits per heavy atom. The van der Waals surface area contributed by atoms with Crippen LogP contribution in [0, 0.1) is 11.8 Å². The highest BCUT2D eigenvalue weighted by atomic mass is 16.1. The number of carbonyl (C=O) groups excluding carboxylic acids is 1. The van der Waals surface area contributed by atoms with Crippen molar-refractivity contribution in [3.63, 3.8) is 0 Å². The summed E-state index contributed by atoms with van der Waals surface area (Å²) in [5.41, 5.74) is 0. The van der Waals surface area contributed by atoms with Crippen LogP contribution in [-0.4, -0.2) is 30.3 Å². The Kier molecular flexibility index (Phi) is 1.53. The number of hydrogen-bond acceptors (Lipinski definition) is 2. The zero-order chi connectivity index (χ0) is 8.01. The molecule has 0 aromatic rings. The molecule has 3 atom stereocenters. The first kappa shape index (κ1) is 7.29. The van der Waals surface area contributed by atoms with E-state index in [0.29, 0.717) is 11.7 Å². The van der Waals surface area contributed by atoms with Gasteiger partial charge in [0.05, 0.1) is 6.04 Å². The minimum Gasteiger partial charge on any atom is -0.298 e. The summed E-state index contributed by atoms with van der Waals surface area (Å²) in [6, 6.07) is 0.258. The van der Waals surface area contributed by atoms with Gasteiger partial charge in [-0.05, 0) is 38.6 Å². The molecule has 2 aliphatic rings. The first-order chi connectivity index (χ1) is 5.20. The van der Waals surface area contributed by atoms with E-state index in [2.05, 4.69) is 11.9 Å². The average molecular weight is 153 g/mol. The van der Waals surface area contributed by atoms with E-state index in [1.165, 1.54) is 12.8 Å². The third-order valence-electron chi connectivity index (χ3n) is 3.30. The maximum atomic E-state index is 11.2. The van der Waals surface area contributed by atoms with Crippen molar-refractivity contribution in [2.45, 2.75) is 25.8 Å². The molecule has 2 fully saturated rings. The maximum absolute atomic E-state index is 11.2. The molecule has 0 spiro atoms. The number of carbonyl (C=O) groups is 1. The second kappa shape index (κ2) is 2.31. The molecular formula is C9H15NO. The molecule has 0 N–H and O–H groups in total. The molecule has 0 aromatic carbocycles. The van der Waals surface area contributed by atoms with E-state index >= 15 is 0 Å². The normalized spacial score (nSPS) is 43.3. The van der Waals surface area contributed by atoms with Crippen LogP contribution in [0.25, 0.3) is 0 Å². The predicted octanol–water partition coefficient (Wildman–Crippen LogP) is 0.916. The Morgan fingerprint density at radius 2 is 2.18 bits per heavy atom. The highest BCUT2D eigenvalue weighted by Crippen LogP contribution is 2.44. The zero-order valence-corrected chi connectivity index (χ0v) is 7.21. The summed E-state index contributed by atoms with van der Waals surface area (Å²) in [5, 5.41) is 0.